The van der Waals surface area contributed by atoms with Crippen LogP contribution in [0.4, 0.5) is 20.7 Å². The Bertz CT molecular complexity index is 1380. The number of rotatable bonds is 3. The molecular formula is C23H21FN6O2S. The number of halogens is 1. The van der Waals surface area contributed by atoms with Gasteiger partial charge in [-0.15, -0.1) is 0 Å². The molecule has 1 N–H and O–H groups in total. The molecule has 0 unspecified atom stereocenters. The summed E-state index contributed by atoms with van der Waals surface area (Å²) in [5.41, 5.74) is 2.37. The summed E-state index contributed by atoms with van der Waals surface area (Å²) < 4.78 is 14.4. The summed E-state index contributed by atoms with van der Waals surface area (Å²) in [7, 11) is 0. The van der Waals surface area contributed by atoms with Gasteiger partial charge in [-0.1, -0.05) is 35.6 Å². The molecule has 1 aliphatic heterocycles. The Morgan fingerprint density at radius 1 is 1.06 bits per heavy atom. The number of piperazine rings is 1. The van der Waals surface area contributed by atoms with E-state index in [1.807, 2.05) is 36.1 Å². The van der Waals surface area contributed by atoms with Crippen LogP contribution >= 0.6 is 11.3 Å². The van der Waals surface area contributed by atoms with E-state index in [0.717, 1.165) is 16.1 Å². The molecule has 2 aromatic heterocycles. The van der Waals surface area contributed by atoms with Gasteiger partial charge in [0.25, 0.3) is 5.56 Å². The SMILES string of the molecule is Cc1ccccc1-c1nn2c(=O)cc(N3CCN(C(=O)Nc4ccc(F)cc4)CC3)nc2s1. The highest BCUT2D eigenvalue weighted by Crippen LogP contribution is 2.27. The number of fused-ring (bicyclic) bond motifs is 1. The third-order valence-corrected chi connectivity index (χ3v) is 6.54. The second kappa shape index (κ2) is 8.62. The fraction of sp³-hybridized carbons (Fsp3) is 0.217. The van der Waals surface area contributed by atoms with Crippen molar-refractivity contribution in [2.75, 3.05) is 36.4 Å². The summed E-state index contributed by atoms with van der Waals surface area (Å²) in [5.74, 6) is 0.229. The minimum absolute atomic E-state index is 0.234. The molecule has 1 aliphatic rings. The van der Waals surface area contributed by atoms with E-state index >= 15 is 0 Å². The molecule has 0 radical (unpaired) electrons. The van der Waals surface area contributed by atoms with Gasteiger partial charge in [0.05, 0.1) is 0 Å². The predicted molar refractivity (Wildman–Crippen MR) is 127 cm³/mol. The van der Waals surface area contributed by atoms with E-state index in [-0.39, 0.29) is 17.4 Å². The Kier molecular flexibility index (Phi) is 5.51. The van der Waals surface area contributed by atoms with Crippen LogP contribution < -0.4 is 15.8 Å². The van der Waals surface area contributed by atoms with Crippen LogP contribution in [0.3, 0.4) is 0 Å². The Hall–Kier alpha value is -3.79. The van der Waals surface area contributed by atoms with Crippen LogP contribution in [0.25, 0.3) is 15.5 Å². The lowest BCUT2D eigenvalue weighted by Crippen LogP contribution is -2.50. The summed E-state index contributed by atoms with van der Waals surface area (Å²) >= 11 is 1.38. The van der Waals surface area contributed by atoms with Crippen LogP contribution in [0.15, 0.2) is 59.4 Å². The van der Waals surface area contributed by atoms with Gasteiger partial charge in [0.15, 0.2) is 0 Å². The standard InChI is InChI=1S/C23H21FN6O2S/c1-15-4-2-3-5-18(15)21-27-30-20(31)14-19(26-23(30)33-21)28-10-12-29(13-11-28)22(32)25-17-8-6-16(24)7-9-17/h2-9,14H,10-13H2,1H3,(H,25,32). The minimum Gasteiger partial charge on any atom is -0.353 e. The number of anilines is 2. The zero-order valence-corrected chi connectivity index (χ0v) is 18.7. The molecule has 0 spiro atoms. The number of aromatic nitrogens is 3. The third-order valence-electron chi connectivity index (χ3n) is 5.59. The average molecular weight is 465 g/mol. The molecule has 3 heterocycles. The van der Waals surface area contributed by atoms with E-state index in [1.54, 1.807) is 4.90 Å². The first kappa shape index (κ1) is 21.1. The predicted octanol–water partition coefficient (Wildman–Crippen LogP) is 3.62. The van der Waals surface area contributed by atoms with Crippen molar-refractivity contribution in [3.05, 3.63) is 76.3 Å². The van der Waals surface area contributed by atoms with Crippen molar-refractivity contribution >= 4 is 33.8 Å². The van der Waals surface area contributed by atoms with Gasteiger partial charge >= 0.3 is 6.03 Å². The Morgan fingerprint density at radius 2 is 1.79 bits per heavy atom. The first-order valence-corrected chi connectivity index (χ1v) is 11.3. The highest BCUT2D eigenvalue weighted by molar-refractivity contribution is 7.19. The van der Waals surface area contributed by atoms with Gasteiger partial charge in [0.1, 0.15) is 16.6 Å². The summed E-state index contributed by atoms with van der Waals surface area (Å²) in [5, 5.41) is 7.99. The average Bonchev–Trinajstić information content (AvgIpc) is 3.25. The number of amides is 2. The first-order valence-electron chi connectivity index (χ1n) is 10.5. The number of hydrogen-bond acceptors (Lipinski definition) is 6. The van der Waals surface area contributed by atoms with Crippen molar-refractivity contribution in [1.29, 1.82) is 0 Å². The van der Waals surface area contributed by atoms with Crippen LogP contribution in [0, 0.1) is 12.7 Å². The van der Waals surface area contributed by atoms with Gasteiger partial charge in [0.2, 0.25) is 4.96 Å². The Morgan fingerprint density at radius 3 is 2.52 bits per heavy atom. The molecule has 2 aromatic carbocycles. The fourth-order valence-electron chi connectivity index (χ4n) is 3.76. The summed E-state index contributed by atoms with van der Waals surface area (Å²) in [6.07, 6.45) is 0. The Balaban J connectivity index is 1.30. The van der Waals surface area contributed by atoms with E-state index in [4.69, 9.17) is 0 Å². The molecule has 0 saturated carbocycles. The number of urea groups is 1. The van der Waals surface area contributed by atoms with Crippen LogP contribution in [-0.4, -0.2) is 51.7 Å². The maximum absolute atomic E-state index is 13.1. The summed E-state index contributed by atoms with van der Waals surface area (Å²) in [6, 6.07) is 14.8. The van der Waals surface area contributed by atoms with E-state index in [9.17, 15) is 14.0 Å². The molecule has 1 fully saturated rings. The molecule has 168 valence electrons. The number of aryl methyl sites for hydroxylation is 1. The molecular weight excluding hydrogens is 443 g/mol. The fourth-order valence-corrected chi connectivity index (χ4v) is 4.75. The summed E-state index contributed by atoms with van der Waals surface area (Å²) in [6.45, 7) is 4.05. The monoisotopic (exact) mass is 464 g/mol. The second-order valence-electron chi connectivity index (χ2n) is 7.78. The molecule has 1 saturated heterocycles. The van der Waals surface area contributed by atoms with E-state index in [0.29, 0.717) is 42.6 Å². The second-order valence-corrected chi connectivity index (χ2v) is 8.74. The zero-order valence-electron chi connectivity index (χ0n) is 17.9. The normalized spacial score (nSPS) is 14.0. The maximum Gasteiger partial charge on any atom is 0.321 e. The highest BCUT2D eigenvalue weighted by atomic mass is 32.1. The van der Waals surface area contributed by atoms with Gasteiger partial charge in [-0.05, 0) is 36.8 Å². The van der Waals surface area contributed by atoms with Gasteiger partial charge in [-0.2, -0.15) is 9.61 Å². The van der Waals surface area contributed by atoms with Crippen molar-refractivity contribution in [2.24, 2.45) is 0 Å². The molecule has 8 nitrogen and oxygen atoms in total. The lowest BCUT2D eigenvalue weighted by molar-refractivity contribution is 0.208. The minimum atomic E-state index is -0.353. The van der Waals surface area contributed by atoms with Gasteiger partial charge in [0, 0.05) is 43.5 Å². The molecule has 4 aromatic rings. The molecule has 0 atom stereocenters. The number of nitrogens with one attached hydrogen (secondary N) is 1. The number of benzene rings is 2. The van der Waals surface area contributed by atoms with E-state index in [2.05, 4.69) is 15.4 Å². The number of carbonyl (C=O) groups is 1. The van der Waals surface area contributed by atoms with Crippen molar-refractivity contribution in [2.45, 2.75) is 6.92 Å². The summed E-state index contributed by atoms with van der Waals surface area (Å²) in [4.78, 5) is 34.1. The van der Waals surface area contributed by atoms with Crippen LogP contribution in [0.2, 0.25) is 0 Å². The molecule has 33 heavy (non-hydrogen) atoms. The van der Waals surface area contributed by atoms with Crippen LogP contribution in [0.1, 0.15) is 5.56 Å². The quantitative estimate of drug-likeness (QED) is 0.501. The van der Waals surface area contributed by atoms with E-state index in [1.165, 1.54) is 46.2 Å². The number of nitrogens with zero attached hydrogens (tertiary/aromatic N) is 5. The van der Waals surface area contributed by atoms with Crippen LogP contribution in [0.5, 0.6) is 0 Å². The number of hydrogen-bond donors (Lipinski definition) is 1. The molecule has 0 aliphatic carbocycles. The topological polar surface area (TPSA) is 82.8 Å². The third kappa shape index (κ3) is 4.29. The molecule has 0 bridgehead atoms. The molecule has 10 heteroatoms. The number of carbonyl (C=O) groups excluding carboxylic acids is 1. The van der Waals surface area contributed by atoms with Gasteiger partial charge < -0.3 is 15.1 Å². The molecule has 5 rings (SSSR count). The van der Waals surface area contributed by atoms with Crippen molar-refractivity contribution in [1.82, 2.24) is 19.5 Å². The van der Waals surface area contributed by atoms with E-state index < -0.39 is 0 Å². The van der Waals surface area contributed by atoms with Gasteiger partial charge in [-0.3, -0.25) is 4.79 Å². The Labute approximate surface area is 192 Å². The highest BCUT2D eigenvalue weighted by Gasteiger charge is 2.23. The maximum atomic E-state index is 13.1. The van der Waals surface area contributed by atoms with Crippen LogP contribution in [-0.2, 0) is 0 Å². The van der Waals surface area contributed by atoms with Crippen molar-refractivity contribution < 1.29 is 9.18 Å². The van der Waals surface area contributed by atoms with Crippen molar-refractivity contribution in [3.63, 3.8) is 0 Å². The first-order chi connectivity index (χ1) is 16.0. The van der Waals surface area contributed by atoms with Gasteiger partial charge in [-0.25, -0.2) is 14.2 Å². The lowest BCUT2D eigenvalue weighted by atomic mass is 10.1. The smallest absolute Gasteiger partial charge is 0.321 e. The molecule has 2 amide bonds. The lowest BCUT2D eigenvalue weighted by Gasteiger charge is -2.35. The zero-order chi connectivity index (χ0) is 22.9. The largest absolute Gasteiger partial charge is 0.353 e. The van der Waals surface area contributed by atoms with Crippen molar-refractivity contribution in [3.8, 4) is 10.6 Å².